The summed E-state index contributed by atoms with van der Waals surface area (Å²) in [7, 11) is 0. The summed E-state index contributed by atoms with van der Waals surface area (Å²) < 4.78 is 16.1. The van der Waals surface area contributed by atoms with E-state index < -0.39 is 0 Å². The number of hydrogen-bond donors (Lipinski definition) is 1. The van der Waals surface area contributed by atoms with E-state index in [0.717, 1.165) is 18.8 Å². The van der Waals surface area contributed by atoms with Crippen LogP contribution in [0.2, 0.25) is 0 Å². The summed E-state index contributed by atoms with van der Waals surface area (Å²) in [6, 6.07) is 5.93. The van der Waals surface area contributed by atoms with Gasteiger partial charge in [-0.05, 0) is 41.1 Å². The molecule has 23 heavy (non-hydrogen) atoms. The van der Waals surface area contributed by atoms with Gasteiger partial charge in [-0.1, -0.05) is 18.7 Å². The summed E-state index contributed by atoms with van der Waals surface area (Å²) in [6.07, 6.45) is 0.949. The maximum Gasteiger partial charge on any atom is 0.210 e. The second kappa shape index (κ2) is 6.73. The van der Waals surface area contributed by atoms with E-state index in [0.29, 0.717) is 22.3 Å². The van der Waals surface area contributed by atoms with Crippen molar-refractivity contribution in [2.75, 3.05) is 5.84 Å². The molecule has 0 aliphatic rings. The van der Waals surface area contributed by atoms with Crippen LogP contribution in [0.25, 0.3) is 11.4 Å². The minimum absolute atomic E-state index is 0.311. The summed E-state index contributed by atoms with van der Waals surface area (Å²) in [5, 5.41) is 20.3. The van der Waals surface area contributed by atoms with Gasteiger partial charge in [0, 0.05) is 12.1 Å². The number of thioether (sulfide) groups is 1. The molecule has 2 aromatic heterocycles. The van der Waals surface area contributed by atoms with Crippen LogP contribution >= 0.6 is 11.8 Å². The van der Waals surface area contributed by atoms with Gasteiger partial charge in [0.2, 0.25) is 5.16 Å². The van der Waals surface area contributed by atoms with E-state index in [4.69, 9.17) is 5.84 Å². The zero-order chi connectivity index (χ0) is 16.2. The van der Waals surface area contributed by atoms with Gasteiger partial charge in [-0.3, -0.25) is 0 Å². The molecule has 8 nitrogen and oxygen atoms in total. The number of nitrogen functional groups attached to an aromatic ring is 1. The number of nitrogens with two attached hydrogens (primary N) is 1. The van der Waals surface area contributed by atoms with E-state index >= 15 is 0 Å². The van der Waals surface area contributed by atoms with Gasteiger partial charge in [-0.25, -0.2) is 13.7 Å². The molecule has 0 amide bonds. The van der Waals surface area contributed by atoms with Crippen molar-refractivity contribution >= 4 is 11.8 Å². The molecule has 3 rings (SSSR count). The molecule has 0 aliphatic heterocycles. The van der Waals surface area contributed by atoms with Crippen molar-refractivity contribution in [3.63, 3.8) is 0 Å². The highest BCUT2D eigenvalue weighted by atomic mass is 32.2. The van der Waals surface area contributed by atoms with Gasteiger partial charge in [-0.2, -0.15) is 0 Å². The van der Waals surface area contributed by atoms with E-state index in [1.165, 1.54) is 28.6 Å². The molecule has 2 N–H and O–H groups in total. The summed E-state index contributed by atoms with van der Waals surface area (Å²) in [5.74, 6) is 7.48. The highest BCUT2D eigenvalue weighted by Crippen LogP contribution is 2.23. The molecule has 0 aliphatic carbocycles. The molecule has 0 bridgehead atoms. The Bertz CT molecular complexity index is 782. The minimum Gasteiger partial charge on any atom is -0.335 e. The van der Waals surface area contributed by atoms with Crippen LogP contribution in [0.1, 0.15) is 19.2 Å². The summed E-state index contributed by atoms with van der Waals surface area (Å²) >= 11 is 1.39. The molecule has 0 saturated heterocycles. The Kier molecular flexibility index (Phi) is 4.51. The highest BCUT2D eigenvalue weighted by molar-refractivity contribution is 7.98. The molecule has 120 valence electrons. The first-order valence-electron chi connectivity index (χ1n) is 7.03. The van der Waals surface area contributed by atoms with Gasteiger partial charge in [0.25, 0.3) is 0 Å². The van der Waals surface area contributed by atoms with Crippen LogP contribution in [0.4, 0.5) is 4.39 Å². The minimum atomic E-state index is -0.311. The molecule has 0 saturated carbocycles. The Morgan fingerprint density at radius 3 is 2.70 bits per heavy atom. The van der Waals surface area contributed by atoms with Crippen molar-refractivity contribution in [1.29, 1.82) is 0 Å². The third-order valence-electron chi connectivity index (χ3n) is 3.14. The molecule has 0 spiro atoms. The lowest BCUT2D eigenvalue weighted by molar-refractivity contribution is 0.564. The molecular weight excluding hydrogens is 319 g/mol. The number of halogens is 1. The van der Waals surface area contributed by atoms with Gasteiger partial charge in [0.15, 0.2) is 11.6 Å². The maximum absolute atomic E-state index is 13.0. The van der Waals surface area contributed by atoms with Crippen molar-refractivity contribution in [2.24, 2.45) is 0 Å². The van der Waals surface area contributed by atoms with Crippen molar-refractivity contribution in [3.8, 4) is 11.4 Å². The quantitative estimate of drug-likeness (QED) is 0.538. The second-order valence-electron chi connectivity index (χ2n) is 4.79. The second-order valence-corrected chi connectivity index (χ2v) is 5.73. The van der Waals surface area contributed by atoms with Crippen LogP contribution in [0.5, 0.6) is 0 Å². The number of tetrazole rings is 1. The van der Waals surface area contributed by atoms with Crippen LogP contribution < -0.4 is 5.84 Å². The number of aryl methyl sites for hydroxylation is 1. The molecular formula is C13H15FN8S. The fourth-order valence-corrected chi connectivity index (χ4v) is 2.80. The summed E-state index contributed by atoms with van der Waals surface area (Å²) in [5.41, 5.74) is 0.698. The number of nitrogens with zero attached hydrogens (tertiary/aromatic N) is 7. The van der Waals surface area contributed by atoms with Crippen molar-refractivity contribution in [1.82, 2.24) is 35.1 Å². The Balaban J connectivity index is 1.74. The lowest BCUT2D eigenvalue weighted by atomic mass is 10.2. The number of hydrogen-bond acceptors (Lipinski definition) is 7. The smallest absolute Gasteiger partial charge is 0.210 e. The highest BCUT2D eigenvalue weighted by Gasteiger charge is 2.14. The first-order chi connectivity index (χ1) is 11.2. The first kappa shape index (κ1) is 15.4. The van der Waals surface area contributed by atoms with Crippen molar-refractivity contribution in [3.05, 3.63) is 35.9 Å². The van der Waals surface area contributed by atoms with Crippen molar-refractivity contribution in [2.45, 2.75) is 30.8 Å². The molecule has 0 fully saturated rings. The largest absolute Gasteiger partial charge is 0.335 e. The van der Waals surface area contributed by atoms with Gasteiger partial charge in [0.05, 0.1) is 5.75 Å². The predicted molar refractivity (Wildman–Crippen MR) is 83.2 cm³/mol. The van der Waals surface area contributed by atoms with E-state index in [2.05, 4.69) is 32.6 Å². The average molecular weight is 334 g/mol. The van der Waals surface area contributed by atoms with Gasteiger partial charge in [0.1, 0.15) is 5.82 Å². The number of aromatic nitrogens is 7. The van der Waals surface area contributed by atoms with E-state index in [-0.39, 0.29) is 5.82 Å². The van der Waals surface area contributed by atoms with Crippen molar-refractivity contribution < 1.29 is 4.39 Å². The normalized spacial score (nSPS) is 11.0. The van der Waals surface area contributed by atoms with Crippen LogP contribution in [-0.4, -0.2) is 35.1 Å². The van der Waals surface area contributed by atoms with Gasteiger partial charge >= 0.3 is 0 Å². The Hall–Kier alpha value is -2.49. The number of benzene rings is 1. The molecule has 0 radical (unpaired) electrons. The first-order valence-corrected chi connectivity index (χ1v) is 8.02. The Morgan fingerprint density at radius 2 is 1.96 bits per heavy atom. The fourth-order valence-electron chi connectivity index (χ4n) is 2.01. The zero-order valence-corrected chi connectivity index (χ0v) is 13.2. The third-order valence-corrected chi connectivity index (χ3v) is 4.08. The van der Waals surface area contributed by atoms with Crippen LogP contribution in [-0.2, 0) is 12.3 Å². The third kappa shape index (κ3) is 3.31. The topological polar surface area (TPSA) is 100 Å². The molecule has 0 unspecified atom stereocenters. The monoisotopic (exact) mass is 334 g/mol. The average Bonchev–Trinajstić information content (AvgIpc) is 3.14. The molecule has 3 aromatic rings. The molecule has 2 heterocycles. The van der Waals surface area contributed by atoms with Crippen LogP contribution in [0.3, 0.4) is 0 Å². The van der Waals surface area contributed by atoms with Crippen LogP contribution in [0.15, 0.2) is 29.4 Å². The van der Waals surface area contributed by atoms with Gasteiger partial charge < -0.3 is 5.84 Å². The Morgan fingerprint density at radius 1 is 1.17 bits per heavy atom. The maximum atomic E-state index is 13.0. The lowest BCUT2D eigenvalue weighted by Gasteiger charge is -2.04. The van der Waals surface area contributed by atoms with Gasteiger partial charge in [-0.15, -0.1) is 15.3 Å². The summed E-state index contributed by atoms with van der Waals surface area (Å²) in [4.78, 5) is 0. The lowest BCUT2D eigenvalue weighted by Crippen LogP contribution is -2.12. The van der Waals surface area contributed by atoms with E-state index in [1.54, 1.807) is 16.8 Å². The predicted octanol–water partition coefficient (Wildman–Crippen LogP) is 1.49. The Labute approximate surface area is 135 Å². The van der Waals surface area contributed by atoms with E-state index in [9.17, 15) is 4.39 Å². The number of rotatable bonds is 6. The molecule has 10 heteroatoms. The molecule has 0 atom stereocenters. The van der Waals surface area contributed by atoms with Crippen LogP contribution in [0, 0.1) is 5.82 Å². The zero-order valence-electron chi connectivity index (χ0n) is 12.4. The molecule has 1 aromatic carbocycles. The SMILES string of the molecule is CCCn1nnnc1CSc1nnc(-c2ccc(F)cc2)n1N. The van der Waals surface area contributed by atoms with E-state index in [1.807, 2.05) is 0 Å². The standard InChI is InChI=1S/C13H15FN8S/c1-2-7-21-11(16-19-20-21)8-23-13-18-17-12(22(13)15)9-3-5-10(14)6-4-9/h3-6H,2,7-8,15H2,1H3. The fraction of sp³-hybridized carbons (Fsp3) is 0.308. The summed E-state index contributed by atoms with van der Waals surface area (Å²) in [6.45, 7) is 2.82.